The zero-order valence-corrected chi connectivity index (χ0v) is 14.6. The minimum atomic E-state index is -1.37. The van der Waals surface area contributed by atoms with Crippen molar-refractivity contribution in [3.05, 3.63) is 12.2 Å². The van der Waals surface area contributed by atoms with Crippen molar-refractivity contribution >= 4 is 23.9 Å². The fourth-order valence-corrected chi connectivity index (χ4v) is 6.15. The molecule has 2 aliphatic heterocycles. The molecule has 0 aromatic rings. The number of piperidine rings is 1. The molecule has 0 spiro atoms. The Hall–Kier alpha value is -1.98. The van der Waals surface area contributed by atoms with Gasteiger partial charge in [-0.25, -0.2) is 0 Å². The largest absolute Gasteiger partial charge is 0.468 e. The minimum Gasteiger partial charge on any atom is -0.468 e. The average Bonchev–Trinajstić information content (AvgIpc) is 2.71. The fourth-order valence-electron chi connectivity index (χ4n) is 6.15. The lowest BCUT2D eigenvalue weighted by Gasteiger charge is -2.53. The van der Waals surface area contributed by atoms with Gasteiger partial charge in [0.25, 0.3) is 0 Å². The summed E-state index contributed by atoms with van der Waals surface area (Å²) < 4.78 is 5.08. The van der Waals surface area contributed by atoms with Gasteiger partial charge in [-0.15, -0.1) is 0 Å². The molecule has 2 saturated heterocycles. The summed E-state index contributed by atoms with van der Waals surface area (Å²) in [6.07, 6.45) is 2.48. The highest BCUT2D eigenvalue weighted by atomic mass is 16.5. The number of nitrogens with zero attached hydrogens (tertiary/aromatic N) is 1. The normalized spacial score (nSPS) is 45.2. The van der Waals surface area contributed by atoms with E-state index in [2.05, 4.69) is 6.58 Å². The van der Waals surface area contributed by atoms with E-state index in [1.807, 2.05) is 6.92 Å². The molecule has 6 nitrogen and oxygen atoms in total. The molecule has 0 radical (unpaired) electrons. The van der Waals surface area contributed by atoms with Crippen molar-refractivity contribution in [3.8, 4) is 0 Å². The minimum absolute atomic E-state index is 0.0418. The molecule has 4 rings (SSSR count). The maximum Gasteiger partial charge on any atom is 0.322 e. The number of methoxy groups -OCH3 is 1. The second kappa shape index (κ2) is 5.02. The molecule has 2 heterocycles. The second-order valence-electron chi connectivity index (χ2n) is 8.20. The van der Waals surface area contributed by atoms with Crippen LogP contribution in [0.3, 0.4) is 0 Å². The summed E-state index contributed by atoms with van der Waals surface area (Å²) in [4.78, 5) is 52.9. The Labute approximate surface area is 146 Å². The lowest BCUT2D eigenvalue weighted by Crippen LogP contribution is -2.60. The van der Waals surface area contributed by atoms with Gasteiger partial charge in [0.1, 0.15) is 12.1 Å². The molecule has 2 aliphatic carbocycles. The van der Waals surface area contributed by atoms with Crippen LogP contribution < -0.4 is 0 Å². The van der Waals surface area contributed by atoms with Crippen LogP contribution in [0.25, 0.3) is 0 Å². The van der Waals surface area contributed by atoms with E-state index in [0.717, 1.165) is 11.9 Å². The first-order chi connectivity index (χ1) is 11.8. The Morgan fingerprint density at radius 3 is 2.72 bits per heavy atom. The van der Waals surface area contributed by atoms with Gasteiger partial charge in [0.05, 0.1) is 7.11 Å². The number of esters is 1. The van der Waals surface area contributed by atoms with Crippen LogP contribution in [-0.2, 0) is 23.9 Å². The zero-order chi connectivity index (χ0) is 18.1. The van der Waals surface area contributed by atoms with Crippen molar-refractivity contribution in [1.82, 2.24) is 4.90 Å². The van der Waals surface area contributed by atoms with Gasteiger partial charge in [0.2, 0.25) is 5.91 Å². The summed E-state index contributed by atoms with van der Waals surface area (Å²) in [6, 6.07) is -0.178. The number of Topliss-reactive ketones (excluding diaryl/α,β-unsaturated/α-hetero) is 1. The van der Waals surface area contributed by atoms with Crippen LogP contribution >= 0.6 is 0 Å². The van der Waals surface area contributed by atoms with E-state index in [9.17, 15) is 19.2 Å². The number of rotatable bonds is 2. The molecule has 4 aliphatic rings. The molecule has 0 aromatic carbocycles. The quantitative estimate of drug-likeness (QED) is 0.324. The lowest BCUT2D eigenvalue weighted by atomic mass is 9.50. The van der Waals surface area contributed by atoms with Crippen LogP contribution in [0.4, 0.5) is 0 Å². The Bertz CT molecular complexity index is 715. The number of ether oxygens (including phenoxy) is 1. The van der Waals surface area contributed by atoms with Crippen LogP contribution in [0.5, 0.6) is 0 Å². The molecular formula is C19H23NO5. The first kappa shape index (κ1) is 16.5. The van der Waals surface area contributed by atoms with Gasteiger partial charge >= 0.3 is 5.97 Å². The molecule has 134 valence electrons. The number of fused-ring (bicyclic) bond motifs is 1. The SMILES string of the molecule is C=C1CN2C(=O)[C@@]3(C(=O)OC)CCC(C=O)CC4C(=O)C1CC2[C@]43C. The summed E-state index contributed by atoms with van der Waals surface area (Å²) in [5, 5.41) is 0. The summed E-state index contributed by atoms with van der Waals surface area (Å²) in [6.45, 7) is 6.25. The van der Waals surface area contributed by atoms with Gasteiger partial charge in [-0.05, 0) is 31.3 Å². The third-order valence-corrected chi connectivity index (χ3v) is 7.50. The number of aldehydes is 1. The third-order valence-electron chi connectivity index (χ3n) is 7.50. The molecule has 0 aromatic heterocycles. The number of ketones is 1. The lowest BCUT2D eigenvalue weighted by molar-refractivity contribution is -0.169. The Morgan fingerprint density at radius 2 is 2.08 bits per heavy atom. The monoisotopic (exact) mass is 345 g/mol. The van der Waals surface area contributed by atoms with Crippen LogP contribution in [0.15, 0.2) is 12.2 Å². The third kappa shape index (κ3) is 1.66. The van der Waals surface area contributed by atoms with Crippen molar-refractivity contribution in [2.45, 2.75) is 38.6 Å². The van der Waals surface area contributed by atoms with E-state index in [0.29, 0.717) is 25.8 Å². The highest BCUT2D eigenvalue weighted by molar-refractivity contribution is 6.08. The van der Waals surface area contributed by atoms with E-state index in [4.69, 9.17) is 4.74 Å². The van der Waals surface area contributed by atoms with Gasteiger partial charge in [-0.3, -0.25) is 14.4 Å². The summed E-state index contributed by atoms with van der Waals surface area (Å²) in [5.41, 5.74) is -1.46. The Kier molecular flexibility index (Phi) is 3.31. The second-order valence-corrected chi connectivity index (χ2v) is 8.20. The van der Waals surface area contributed by atoms with Crippen molar-refractivity contribution in [2.24, 2.45) is 28.6 Å². The van der Waals surface area contributed by atoms with Crippen molar-refractivity contribution in [3.63, 3.8) is 0 Å². The van der Waals surface area contributed by atoms with Crippen LogP contribution in [0, 0.1) is 28.6 Å². The molecule has 6 heteroatoms. The van der Waals surface area contributed by atoms with Gasteiger partial charge < -0.3 is 14.4 Å². The maximum atomic E-state index is 13.4. The number of hydrogen-bond donors (Lipinski definition) is 0. The van der Waals surface area contributed by atoms with E-state index in [-0.39, 0.29) is 36.0 Å². The van der Waals surface area contributed by atoms with Gasteiger partial charge in [0.15, 0.2) is 5.41 Å². The molecule has 2 bridgehead atoms. The van der Waals surface area contributed by atoms with Gasteiger partial charge in [-0.2, -0.15) is 0 Å². The smallest absolute Gasteiger partial charge is 0.322 e. The first-order valence-corrected chi connectivity index (χ1v) is 8.89. The maximum absolute atomic E-state index is 13.4. The van der Waals surface area contributed by atoms with Crippen molar-refractivity contribution < 1.29 is 23.9 Å². The fraction of sp³-hybridized carbons (Fsp3) is 0.684. The molecule has 25 heavy (non-hydrogen) atoms. The number of carbonyl (C=O) groups excluding carboxylic acids is 4. The summed E-state index contributed by atoms with van der Waals surface area (Å²) in [7, 11) is 1.29. The predicted octanol–water partition coefficient (Wildman–Crippen LogP) is 1.14. The topological polar surface area (TPSA) is 80.8 Å². The average molecular weight is 345 g/mol. The van der Waals surface area contributed by atoms with E-state index in [1.165, 1.54) is 7.11 Å². The van der Waals surface area contributed by atoms with Crippen LogP contribution in [0.2, 0.25) is 0 Å². The van der Waals surface area contributed by atoms with Crippen LogP contribution in [-0.4, -0.2) is 48.5 Å². The molecule has 6 atom stereocenters. The van der Waals surface area contributed by atoms with E-state index < -0.39 is 22.7 Å². The van der Waals surface area contributed by atoms with Gasteiger partial charge in [0, 0.05) is 35.8 Å². The first-order valence-electron chi connectivity index (χ1n) is 8.89. The van der Waals surface area contributed by atoms with Crippen LogP contribution in [0.1, 0.15) is 32.6 Å². The number of amides is 1. The summed E-state index contributed by atoms with van der Waals surface area (Å²) in [5.74, 6) is -1.86. The number of carbonyl (C=O) groups is 4. The standard InChI is InChI=1S/C19H23NO5/c1-10-8-20-14-7-12(10)15(22)13-6-11(9-21)4-5-19(16(20)23,17(24)25-3)18(13,14)2/h9,11-14H,1,4-8H2,2-3H3/t11?,12?,13?,14?,18-,19+/m0/s1. The van der Waals surface area contributed by atoms with E-state index >= 15 is 0 Å². The van der Waals surface area contributed by atoms with E-state index in [1.54, 1.807) is 4.90 Å². The highest BCUT2D eigenvalue weighted by Gasteiger charge is 2.77. The molecule has 4 unspecified atom stereocenters. The zero-order valence-electron chi connectivity index (χ0n) is 14.6. The molecule has 2 saturated carbocycles. The molecule has 1 amide bonds. The number of hydrogen-bond acceptors (Lipinski definition) is 5. The van der Waals surface area contributed by atoms with Crippen molar-refractivity contribution in [2.75, 3.05) is 13.7 Å². The molecular weight excluding hydrogens is 322 g/mol. The Morgan fingerprint density at radius 1 is 1.36 bits per heavy atom. The summed E-state index contributed by atoms with van der Waals surface area (Å²) >= 11 is 0. The Balaban J connectivity index is 1.98. The van der Waals surface area contributed by atoms with Crippen molar-refractivity contribution in [1.29, 1.82) is 0 Å². The molecule has 0 N–H and O–H groups in total. The highest BCUT2D eigenvalue weighted by Crippen LogP contribution is 2.67. The molecule has 4 fully saturated rings. The predicted molar refractivity (Wildman–Crippen MR) is 87.2 cm³/mol. The van der Waals surface area contributed by atoms with Gasteiger partial charge in [-0.1, -0.05) is 13.5 Å².